The topological polar surface area (TPSA) is 158 Å². The van der Waals surface area contributed by atoms with Gasteiger partial charge in [0.05, 0.1) is 39.3 Å². The summed E-state index contributed by atoms with van der Waals surface area (Å²) in [5.41, 5.74) is 0.901. The Hall–Kier alpha value is -2.95. The monoisotopic (exact) mass is 670 g/mol. The Morgan fingerprint density at radius 1 is 0.913 bits per heavy atom. The van der Waals surface area contributed by atoms with E-state index in [-0.39, 0.29) is 37.6 Å². The highest BCUT2D eigenvalue weighted by Crippen LogP contribution is 2.47. The number of unbranched alkanes of at least 4 members (excludes halogenated alkanes) is 9. The second-order valence-electron chi connectivity index (χ2n) is 11.3. The van der Waals surface area contributed by atoms with E-state index in [2.05, 4.69) is 12.2 Å². The van der Waals surface area contributed by atoms with Crippen LogP contribution in [-0.2, 0) is 39.2 Å². The van der Waals surface area contributed by atoms with Crippen LogP contribution < -0.4 is 10.1 Å². The van der Waals surface area contributed by atoms with Crippen molar-refractivity contribution < 1.29 is 47.4 Å². The van der Waals surface area contributed by atoms with Gasteiger partial charge in [-0.2, -0.15) is 0 Å². The van der Waals surface area contributed by atoms with E-state index in [4.69, 9.17) is 18.5 Å². The minimum Gasteiger partial charge on any atom is -0.491 e. The third kappa shape index (κ3) is 17.1. The molecule has 2 amide bonds. The molecule has 0 radical (unpaired) electrons. The molecule has 1 aromatic carbocycles. The Morgan fingerprint density at radius 3 is 2.04 bits per heavy atom. The molecule has 0 fully saturated rings. The van der Waals surface area contributed by atoms with E-state index in [1.165, 1.54) is 71.6 Å². The molecule has 0 heterocycles. The smallest absolute Gasteiger partial charge is 0.340 e. The molecule has 0 aliphatic rings. The number of benzene rings is 1. The van der Waals surface area contributed by atoms with Crippen LogP contribution in [0.15, 0.2) is 18.2 Å². The minimum atomic E-state index is -3.66. The molecule has 12 nitrogen and oxygen atoms in total. The molecule has 0 aliphatic carbocycles. The number of methoxy groups -OCH3 is 1. The molecule has 0 saturated carbocycles. The van der Waals surface area contributed by atoms with E-state index in [0.717, 1.165) is 29.7 Å². The number of carboxylic acids is 1. The summed E-state index contributed by atoms with van der Waals surface area (Å²) in [5.74, 6) is -2.86. The van der Waals surface area contributed by atoms with Gasteiger partial charge in [-0.3, -0.25) is 18.9 Å². The molecule has 46 heavy (non-hydrogen) atoms. The number of hydrogen-bond acceptors (Lipinski definition) is 9. The van der Waals surface area contributed by atoms with Crippen LogP contribution in [0, 0.1) is 0 Å². The zero-order chi connectivity index (χ0) is 34.4. The van der Waals surface area contributed by atoms with Crippen molar-refractivity contribution in [1.82, 2.24) is 10.2 Å². The van der Waals surface area contributed by atoms with Crippen molar-refractivity contribution >= 4 is 31.3 Å². The molecule has 0 bridgehead atoms. The van der Waals surface area contributed by atoms with E-state index in [1.807, 2.05) is 0 Å². The number of aryl methyl sites for hydroxylation is 1. The summed E-state index contributed by atoms with van der Waals surface area (Å²) >= 11 is 0. The van der Waals surface area contributed by atoms with Gasteiger partial charge in [-0.05, 0) is 44.4 Å². The van der Waals surface area contributed by atoms with E-state index >= 15 is 0 Å². The zero-order valence-electron chi connectivity index (χ0n) is 28.3. The summed E-state index contributed by atoms with van der Waals surface area (Å²) in [4.78, 5) is 50.5. The third-order valence-electron chi connectivity index (χ3n) is 7.33. The molecule has 1 aromatic rings. The van der Waals surface area contributed by atoms with E-state index in [9.17, 15) is 28.8 Å². The molecular formula is C33H55N2O10P. The maximum atomic E-state index is 12.8. The second kappa shape index (κ2) is 23.4. The highest BCUT2D eigenvalue weighted by atomic mass is 31.2. The Balaban J connectivity index is 2.78. The first-order valence-corrected chi connectivity index (χ1v) is 18.2. The van der Waals surface area contributed by atoms with Crippen LogP contribution in [-0.4, -0.2) is 86.5 Å². The fourth-order valence-electron chi connectivity index (χ4n) is 4.85. The Kier molecular flexibility index (Phi) is 20.9. The number of nitrogens with zero attached hydrogens (tertiary/aromatic N) is 1. The highest BCUT2D eigenvalue weighted by Gasteiger charge is 2.30. The van der Waals surface area contributed by atoms with Gasteiger partial charge >= 0.3 is 19.5 Å². The largest absolute Gasteiger partial charge is 0.491 e. The number of ether oxygens (including phenoxy) is 2. The molecule has 262 valence electrons. The lowest BCUT2D eigenvalue weighted by Gasteiger charge is -2.23. The fourth-order valence-corrected chi connectivity index (χ4v) is 6.46. The second-order valence-corrected chi connectivity index (χ2v) is 13.3. The van der Waals surface area contributed by atoms with Crippen molar-refractivity contribution in [1.29, 1.82) is 0 Å². The third-order valence-corrected chi connectivity index (χ3v) is 9.29. The molecule has 1 atom stereocenters. The molecule has 0 aromatic heterocycles. The molecule has 0 saturated heterocycles. The first-order valence-electron chi connectivity index (χ1n) is 16.5. The number of aromatic carboxylic acids is 1. The molecule has 1 unspecified atom stereocenters. The maximum Gasteiger partial charge on any atom is 0.340 e. The van der Waals surface area contributed by atoms with Gasteiger partial charge in [0.1, 0.15) is 24.1 Å². The summed E-state index contributed by atoms with van der Waals surface area (Å²) in [6.07, 6.45) is 12.2. The zero-order valence-corrected chi connectivity index (χ0v) is 29.2. The number of carbonyl (C=O) groups is 4. The van der Waals surface area contributed by atoms with Crippen LogP contribution >= 0.6 is 7.60 Å². The summed E-state index contributed by atoms with van der Waals surface area (Å²) < 4.78 is 33.6. The van der Waals surface area contributed by atoms with Crippen LogP contribution in [0.25, 0.3) is 0 Å². The molecule has 0 aliphatic heterocycles. The van der Waals surface area contributed by atoms with Crippen molar-refractivity contribution in [3.63, 3.8) is 0 Å². The lowest BCUT2D eigenvalue weighted by molar-refractivity contribution is -0.142. The Bertz CT molecular complexity index is 1120. The number of amides is 2. The van der Waals surface area contributed by atoms with Crippen LogP contribution in [0.1, 0.15) is 107 Å². The summed E-state index contributed by atoms with van der Waals surface area (Å²) in [6, 6.07) is 4.09. The quantitative estimate of drug-likeness (QED) is 0.0681. The van der Waals surface area contributed by atoms with Gasteiger partial charge in [-0.25, -0.2) is 4.79 Å². The van der Waals surface area contributed by atoms with E-state index in [1.54, 1.807) is 26.0 Å². The van der Waals surface area contributed by atoms with Gasteiger partial charge in [-0.15, -0.1) is 0 Å². The number of carboxylic acid groups (broad SMARTS) is 1. The predicted molar refractivity (Wildman–Crippen MR) is 176 cm³/mol. The summed E-state index contributed by atoms with van der Waals surface area (Å²) in [6.45, 7) is 5.05. The van der Waals surface area contributed by atoms with Crippen molar-refractivity contribution in [2.75, 3.05) is 46.7 Å². The van der Waals surface area contributed by atoms with Crippen LogP contribution in [0.4, 0.5) is 0 Å². The van der Waals surface area contributed by atoms with Gasteiger partial charge in [-0.1, -0.05) is 70.8 Å². The van der Waals surface area contributed by atoms with E-state index in [0.29, 0.717) is 0 Å². The predicted octanol–water partition coefficient (Wildman–Crippen LogP) is 6.00. The standard InChI is InChI=1S/C33H55N2O10P/c1-6-9-10-11-12-13-14-15-16-17-18-26-19-20-28(33(39)40)29(21-26)43-24-27(22-32(38)42-5)34-30(36)23-35(4)31(37)25-46(41,44-7-2)45-8-3/h19-21,27H,6-18,22-25H2,1-5H3,(H,34,36)(H,39,40). The normalized spacial score (nSPS) is 11.9. The molecular weight excluding hydrogens is 615 g/mol. The van der Waals surface area contributed by atoms with Gasteiger partial charge in [0.15, 0.2) is 0 Å². The molecule has 13 heteroatoms. The summed E-state index contributed by atoms with van der Waals surface area (Å²) in [5, 5.41) is 12.4. The average Bonchev–Trinajstić information content (AvgIpc) is 3.00. The Morgan fingerprint density at radius 2 is 1.50 bits per heavy atom. The first-order chi connectivity index (χ1) is 22.0. The van der Waals surface area contributed by atoms with Gasteiger partial charge < -0.3 is 33.8 Å². The van der Waals surface area contributed by atoms with Gasteiger partial charge in [0.2, 0.25) is 11.8 Å². The van der Waals surface area contributed by atoms with E-state index < -0.39 is 50.1 Å². The number of esters is 1. The van der Waals surface area contributed by atoms with Gasteiger partial charge in [0.25, 0.3) is 0 Å². The van der Waals surface area contributed by atoms with Crippen LogP contribution in [0.2, 0.25) is 0 Å². The number of likely N-dealkylation sites (N-methyl/N-ethyl adjacent to an activating group) is 1. The molecule has 2 N–H and O–H groups in total. The van der Waals surface area contributed by atoms with Gasteiger partial charge in [0, 0.05) is 7.05 Å². The van der Waals surface area contributed by atoms with Crippen molar-refractivity contribution in [2.24, 2.45) is 0 Å². The SMILES string of the molecule is CCCCCCCCCCCCc1ccc(C(=O)O)c(OCC(CC(=O)OC)NC(=O)CN(C)C(=O)CP(=O)(OCC)OCC)c1. The number of rotatable bonds is 26. The number of carbonyl (C=O) groups excluding carboxylic acids is 3. The van der Waals surface area contributed by atoms with Crippen LogP contribution in [0.5, 0.6) is 5.75 Å². The van der Waals surface area contributed by atoms with Crippen LogP contribution in [0.3, 0.4) is 0 Å². The maximum absolute atomic E-state index is 12.8. The average molecular weight is 671 g/mol. The summed E-state index contributed by atoms with van der Waals surface area (Å²) in [7, 11) is -1.07. The van der Waals surface area contributed by atoms with Crippen molar-refractivity contribution in [3.8, 4) is 5.75 Å². The van der Waals surface area contributed by atoms with Crippen molar-refractivity contribution in [3.05, 3.63) is 29.3 Å². The minimum absolute atomic E-state index is 0.0340. The van der Waals surface area contributed by atoms with Crippen molar-refractivity contribution in [2.45, 2.75) is 104 Å². The first kappa shape index (κ1) is 41.1. The number of nitrogens with one attached hydrogen (secondary N) is 1. The lowest BCUT2D eigenvalue weighted by Crippen LogP contribution is -2.46. The molecule has 1 rings (SSSR count). The Labute approximate surface area is 274 Å². The highest BCUT2D eigenvalue weighted by molar-refractivity contribution is 7.54. The lowest BCUT2D eigenvalue weighted by atomic mass is 10.0. The molecule has 0 spiro atoms. The fraction of sp³-hybridized carbons (Fsp3) is 0.697. The number of hydrogen-bond donors (Lipinski definition) is 2.